The molecule has 29 heavy (non-hydrogen) atoms. The molecule has 2 heterocycles. The van der Waals surface area contributed by atoms with Gasteiger partial charge in [-0.2, -0.15) is 0 Å². The largest absolute Gasteiger partial charge is 0.497 e. The first-order chi connectivity index (χ1) is 14.2. The van der Waals surface area contributed by atoms with Gasteiger partial charge in [0.05, 0.1) is 7.11 Å². The van der Waals surface area contributed by atoms with E-state index in [0.717, 1.165) is 70.9 Å². The van der Waals surface area contributed by atoms with Crippen LogP contribution in [0.15, 0.2) is 30.3 Å². The second-order valence-corrected chi connectivity index (χ2v) is 8.27. The lowest BCUT2D eigenvalue weighted by Gasteiger charge is -2.35. The molecule has 2 saturated heterocycles. The third kappa shape index (κ3) is 6.86. The van der Waals surface area contributed by atoms with Crippen molar-refractivity contribution in [1.82, 2.24) is 14.7 Å². The van der Waals surface area contributed by atoms with Gasteiger partial charge in [0.15, 0.2) is 0 Å². The summed E-state index contributed by atoms with van der Waals surface area (Å²) in [5.74, 6) is 1.97. The average Bonchev–Trinajstić information content (AvgIpc) is 2.79. The monoisotopic (exact) mass is 399 g/mol. The van der Waals surface area contributed by atoms with Crippen LogP contribution in [-0.2, 0) is 4.79 Å². The lowest BCUT2D eigenvalue weighted by molar-refractivity contribution is -0.133. The van der Waals surface area contributed by atoms with E-state index < -0.39 is 0 Å². The van der Waals surface area contributed by atoms with E-state index in [1.807, 2.05) is 12.1 Å². The highest BCUT2D eigenvalue weighted by Gasteiger charge is 2.23. The van der Waals surface area contributed by atoms with Crippen molar-refractivity contribution < 1.29 is 9.53 Å². The Kier molecular flexibility index (Phi) is 8.56. The summed E-state index contributed by atoms with van der Waals surface area (Å²) in [6.45, 7) is 10.4. The minimum atomic E-state index is 0.366. The van der Waals surface area contributed by atoms with E-state index in [0.29, 0.717) is 11.8 Å². The van der Waals surface area contributed by atoms with Gasteiger partial charge in [0.25, 0.3) is 0 Å². The SMILES string of the molecule is CCN1CCN(C(=O)CCC2CCN(CC=Cc3ccc(OC)cc3)CC2)CC1. The predicted molar refractivity (Wildman–Crippen MR) is 119 cm³/mol. The predicted octanol–water partition coefficient (Wildman–Crippen LogP) is 3.36. The Labute approximate surface area is 176 Å². The van der Waals surface area contributed by atoms with Gasteiger partial charge in [0.2, 0.25) is 5.91 Å². The molecule has 0 aromatic heterocycles. The molecule has 0 atom stereocenters. The summed E-state index contributed by atoms with van der Waals surface area (Å²) in [6, 6.07) is 8.16. The molecule has 3 rings (SSSR count). The van der Waals surface area contributed by atoms with E-state index in [1.165, 1.54) is 18.4 Å². The van der Waals surface area contributed by atoms with Crippen LogP contribution < -0.4 is 4.74 Å². The number of amides is 1. The van der Waals surface area contributed by atoms with Gasteiger partial charge in [-0.15, -0.1) is 0 Å². The van der Waals surface area contributed by atoms with Gasteiger partial charge in [-0.1, -0.05) is 31.2 Å². The summed E-state index contributed by atoms with van der Waals surface area (Å²) in [5, 5.41) is 0. The molecule has 5 nitrogen and oxygen atoms in total. The highest BCUT2D eigenvalue weighted by Crippen LogP contribution is 2.22. The number of carbonyl (C=O) groups excluding carboxylic acids is 1. The maximum atomic E-state index is 12.5. The number of piperidine rings is 1. The fourth-order valence-electron chi connectivity index (χ4n) is 4.31. The number of hydrogen-bond donors (Lipinski definition) is 0. The Morgan fingerprint density at radius 3 is 2.34 bits per heavy atom. The number of methoxy groups -OCH3 is 1. The number of rotatable bonds is 8. The molecule has 1 aromatic carbocycles. The number of carbonyl (C=O) groups is 1. The zero-order valence-corrected chi connectivity index (χ0v) is 18.2. The van der Waals surface area contributed by atoms with Gasteiger partial charge in [-0.3, -0.25) is 9.69 Å². The van der Waals surface area contributed by atoms with Crippen molar-refractivity contribution in [2.75, 3.05) is 59.5 Å². The topological polar surface area (TPSA) is 36.0 Å². The Morgan fingerprint density at radius 1 is 1.03 bits per heavy atom. The van der Waals surface area contributed by atoms with Crippen LogP contribution in [0.5, 0.6) is 5.75 Å². The summed E-state index contributed by atoms with van der Waals surface area (Å²) in [6.07, 6.45) is 8.65. The number of benzene rings is 1. The molecule has 0 radical (unpaired) electrons. The summed E-state index contributed by atoms with van der Waals surface area (Å²) >= 11 is 0. The van der Waals surface area contributed by atoms with Crippen molar-refractivity contribution in [3.05, 3.63) is 35.9 Å². The van der Waals surface area contributed by atoms with Gasteiger partial charge in [0.1, 0.15) is 5.75 Å². The van der Waals surface area contributed by atoms with Crippen LogP contribution in [0.1, 0.15) is 38.2 Å². The smallest absolute Gasteiger partial charge is 0.222 e. The summed E-state index contributed by atoms with van der Waals surface area (Å²) in [4.78, 5) is 19.5. The van der Waals surface area contributed by atoms with E-state index >= 15 is 0 Å². The molecule has 0 unspecified atom stereocenters. The summed E-state index contributed by atoms with van der Waals surface area (Å²) in [7, 11) is 1.69. The number of likely N-dealkylation sites (tertiary alicyclic amines) is 1. The van der Waals surface area contributed by atoms with Crippen LogP contribution in [0.25, 0.3) is 6.08 Å². The lowest BCUT2D eigenvalue weighted by Crippen LogP contribution is -2.48. The average molecular weight is 400 g/mol. The third-order valence-corrected chi connectivity index (χ3v) is 6.44. The van der Waals surface area contributed by atoms with E-state index in [-0.39, 0.29) is 0 Å². The molecule has 1 aromatic rings. The molecule has 0 N–H and O–H groups in total. The first kappa shape index (κ1) is 21.8. The Hall–Kier alpha value is -1.85. The molecule has 2 fully saturated rings. The van der Waals surface area contributed by atoms with Crippen molar-refractivity contribution in [2.24, 2.45) is 5.92 Å². The molecule has 1 amide bonds. The molecular formula is C24H37N3O2. The molecule has 2 aliphatic rings. The van der Waals surface area contributed by atoms with Gasteiger partial charge in [-0.25, -0.2) is 0 Å². The van der Waals surface area contributed by atoms with Gasteiger partial charge >= 0.3 is 0 Å². The number of likely N-dealkylation sites (N-methyl/N-ethyl adjacent to an activating group) is 1. The van der Waals surface area contributed by atoms with E-state index in [1.54, 1.807) is 7.11 Å². The van der Waals surface area contributed by atoms with Crippen LogP contribution in [0, 0.1) is 5.92 Å². The maximum Gasteiger partial charge on any atom is 0.222 e. The second kappa shape index (κ2) is 11.4. The normalized spacial score (nSPS) is 19.7. The van der Waals surface area contributed by atoms with E-state index in [9.17, 15) is 4.79 Å². The number of hydrogen-bond acceptors (Lipinski definition) is 4. The zero-order valence-electron chi connectivity index (χ0n) is 18.2. The van der Waals surface area contributed by atoms with E-state index in [4.69, 9.17) is 4.74 Å². The fourth-order valence-corrected chi connectivity index (χ4v) is 4.31. The molecule has 0 bridgehead atoms. The van der Waals surface area contributed by atoms with Crippen molar-refractivity contribution in [1.29, 1.82) is 0 Å². The molecule has 0 saturated carbocycles. The molecule has 0 spiro atoms. The van der Waals surface area contributed by atoms with Crippen LogP contribution in [0.2, 0.25) is 0 Å². The second-order valence-electron chi connectivity index (χ2n) is 8.27. The summed E-state index contributed by atoms with van der Waals surface area (Å²) in [5.41, 5.74) is 1.21. The summed E-state index contributed by atoms with van der Waals surface area (Å²) < 4.78 is 5.20. The number of piperazine rings is 1. The fraction of sp³-hybridized carbons (Fsp3) is 0.625. The first-order valence-electron chi connectivity index (χ1n) is 11.2. The lowest BCUT2D eigenvalue weighted by atomic mass is 9.92. The Balaban J connectivity index is 1.31. The highest BCUT2D eigenvalue weighted by molar-refractivity contribution is 5.76. The third-order valence-electron chi connectivity index (χ3n) is 6.44. The Bertz CT molecular complexity index is 643. The number of ether oxygens (including phenoxy) is 1. The minimum Gasteiger partial charge on any atom is -0.497 e. The maximum absolute atomic E-state index is 12.5. The van der Waals surface area contributed by atoms with Gasteiger partial charge in [0, 0.05) is 39.1 Å². The van der Waals surface area contributed by atoms with Crippen LogP contribution in [0.4, 0.5) is 0 Å². The van der Waals surface area contributed by atoms with Crippen molar-refractivity contribution in [2.45, 2.75) is 32.6 Å². The van der Waals surface area contributed by atoms with Crippen molar-refractivity contribution in [3.8, 4) is 5.75 Å². The molecule has 2 aliphatic heterocycles. The quantitative estimate of drug-likeness (QED) is 0.672. The van der Waals surface area contributed by atoms with Gasteiger partial charge in [-0.05, 0) is 62.5 Å². The van der Waals surface area contributed by atoms with E-state index in [2.05, 4.69) is 45.9 Å². The first-order valence-corrected chi connectivity index (χ1v) is 11.2. The van der Waals surface area contributed by atoms with Crippen molar-refractivity contribution in [3.63, 3.8) is 0 Å². The van der Waals surface area contributed by atoms with Crippen LogP contribution >= 0.6 is 0 Å². The molecule has 5 heteroatoms. The molecule has 0 aliphatic carbocycles. The molecular weight excluding hydrogens is 362 g/mol. The van der Waals surface area contributed by atoms with Gasteiger partial charge < -0.3 is 14.5 Å². The van der Waals surface area contributed by atoms with Crippen LogP contribution in [0.3, 0.4) is 0 Å². The minimum absolute atomic E-state index is 0.366. The van der Waals surface area contributed by atoms with Crippen LogP contribution in [-0.4, -0.2) is 80.1 Å². The molecule has 160 valence electrons. The zero-order chi connectivity index (χ0) is 20.5. The standard InChI is InChI=1S/C24H37N3O2/c1-3-25-17-19-27(20-18-25)24(28)11-8-22-12-15-26(16-13-22)14-4-5-21-6-9-23(29-2)10-7-21/h4-7,9-10,22H,3,8,11-20H2,1-2H3. The highest BCUT2D eigenvalue weighted by atomic mass is 16.5. The Morgan fingerprint density at radius 2 is 1.72 bits per heavy atom. The number of nitrogens with zero attached hydrogens (tertiary/aromatic N) is 3. The van der Waals surface area contributed by atoms with Crippen molar-refractivity contribution >= 4 is 12.0 Å².